The third kappa shape index (κ3) is 6.03. The maximum absolute atomic E-state index is 12.9. The summed E-state index contributed by atoms with van der Waals surface area (Å²) in [5.74, 6) is 0.570. The molecule has 3 N–H and O–H groups in total. The molecule has 1 saturated carbocycles. The zero-order chi connectivity index (χ0) is 24.9. The Morgan fingerprint density at radius 3 is 2.67 bits per heavy atom. The Labute approximate surface area is 212 Å². The molecule has 2 heterocycles. The van der Waals surface area contributed by atoms with Crippen LogP contribution in [0.4, 0.5) is 5.69 Å². The van der Waals surface area contributed by atoms with Gasteiger partial charge in [0, 0.05) is 42.0 Å². The average Bonchev–Trinajstić information content (AvgIpc) is 3.43. The van der Waals surface area contributed by atoms with E-state index < -0.39 is 0 Å². The van der Waals surface area contributed by atoms with Crippen molar-refractivity contribution in [3.05, 3.63) is 65.4 Å². The molecule has 1 atom stereocenters. The van der Waals surface area contributed by atoms with E-state index in [1.165, 1.54) is 0 Å². The number of anilines is 1. The van der Waals surface area contributed by atoms with E-state index in [2.05, 4.69) is 16.7 Å². The van der Waals surface area contributed by atoms with Gasteiger partial charge in [-0.2, -0.15) is 0 Å². The van der Waals surface area contributed by atoms with Crippen LogP contribution in [0.1, 0.15) is 60.0 Å². The molecule has 7 nitrogen and oxygen atoms in total. The third-order valence-corrected chi connectivity index (χ3v) is 7.28. The van der Waals surface area contributed by atoms with Gasteiger partial charge in [0.25, 0.3) is 5.91 Å². The summed E-state index contributed by atoms with van der Waals surface area (Å²) in [7, 11) is 0. The number of amides is 1. The van der Waals surface area contributed by atoms with E-state index in [9.17, 15) is 9.90 Å². The van der Waals surface area contributed by atoms with Crippen molar-refractivity contribution < 1.29 is 19.4 Å². The predicted molar refractivity (Wildman–Crippen MR) is 140 cm³/mol. The molecule has 1 saturated heterocycles. The van der Waals surface area contributed by atoms with Crippen LogP contribution in [0.3, 0.4) is 0 Å². The number of aliphatic hydroxyl groups is 1. The fourth-order valence-corrected chi connectivity index (χ4v) is 5.03. The van der Waals surface area contributed by atoms with Crippen LogP contribution in [0, 0.1) is 6.92 Å². The maximum Gasteiger partial charge on any atom is 0.255 e. The molecule has 5 rings (SSSR count). The molecular formula is C29H35N3O4. The number of hydrogen-bond acceptors (Lipinski definition) is 6. The van der Waals surface area contributed by atoms with Crippen LogP contribution in [0.5, 0.6) is 5.75 Å². The summed E-state index contributed by atoms with van der Waals surface area (Å²) in [6.07, 6.45) is 7.80. The van der Waals surface area contributed by atoms with E-state index in [1.54, 1.807) is 12.1 Å². The molecular weight excluding hydrogens is 454 g/mol. The van der Waals surface area contributed by atoms with E-state index in [1.807, 2.05) is 37.4 Å². The Kier molecular flexibility index (Phi) is 7.80. The van der Waals surface area contributed by atoms with Gasteiger partial charge in [-0.05, 0) is 93.0 Å². The summed E-state index contributed by atoms with van der Waals surface area (Å²) < 4.78 is 11.4. The van der Waals surface area contributed by atoms with Crippen LogP contribution in [0.15, 0.2) is 48.7 Å². The Hall–Kier alpha value is -3.00. The van der Waals surface area contributed by atoms with Gasteiger partial charge in [-0.15, -0.1) is 0 Å². The Bertz CT molecular complexity index is 1180. The second-order valence-electron chi connectivity index (χ2n) is 9.96. The number of ether oxygens (including phenoxy) is 2. The van der Waals surface area contributed by atoms with Crippen molar-refractivity contribution in [3.63, 3.8) is 0 Å². The van der Waals surface area contributed by atoms with Crippen molar-refractivity contribution in [1.29, 1.82) is 0 Å². The van der Waals surface area contributed by atoms with Gasteiger partial charge < -0.3 is 25.2 Å². The van der Waals surface area contributed by atoms with Crippen LogP contribution >= 0.6 is 0 Å². The number of benzene rings is 2. The monoisotopic (exact) mass is 489 g/mol. The molecule has 1 aromatic heterocycles. The minimum absolute atomic E-state index is 0.141. The van der Waals surface area contributed by atoms with Crippen molar-refractivity contribution in [2.45, 2.75) is 70.2 Å². The molecule has 2 fully saturated rings. The number of pyridine rings is 1. The number of fused-ring (bicyclic) bond motifs is 1. The first-order valence-electron chi connectivity index (χ1n) is 13.0. The molecule has 0 unspecified atom stereocenters. The fraction of sp³-hybridized carbons (Fsp3) is 0.448. The topological polar surface area (TPSA) is 92.7 Å². The molecule has 36 heavy (non-hydrogen) atoms. The van der Waals surface area contributed by atoms with Crippen molar-refractivity contribution in [3.8, 4) is 5.75 Å². The minimum atomic E-state index is -0.165. The largest absolute Gasteiger partial charge is 0.491 e. The van der Waals surface area contributed by atoms with Crippen molar-refractivity contribution in [2.75, 3.05) is 18.5 Å². The van der Waals surface area contributed by atoms with E-state index in [0.717, 1.165) is 85.1 Å². The highest BCUT2D eigenvalue weighted by molar-refractivity contribution is 6.06. The van der Waals surface area contributed by atoms with Gasteiger partial charge >= 0.3 is 0 Å². The highest BCUT2D eigenvalue weighted by atomic mass is 16.5. The lowest BCUT2D eigenvalue weighted by Crippen LogP contribution is -2.34. The Balaban J connectivity index is 1.19. The average molecular weight is 490 g/mol. The van der Waals surface area contributed by atoms with Crippen molar-refractivity contribution in [2.24, 2.45) is 0 Å². The molecule has 1 aliphatic heterocycles. The van der Waals surface area contributed by atoms with Crippen LogP contribution < -0.4 is 15.4 Å². The predicted octanol–water partition coefficient (Wildman–Crippen LogP) is 4.75. The van der Waals surface area contributed by atoms with Gasteiger partial charge in [0.05, 0.1) is 17.7 Å². The summed E-state index contributed by atoms with van der Waals surface area (Å²) in [6.45, 7) is 4.09. The lowest BCUT2D eigenvalue weighted by Gasteiger charge is -2.26. The van der Waals surface area contributed by atoms with Gasteiger partial charge in [-0.3, -0.25) is 9.78 Å². The number of carbonyl (C=O) groups is 1. The first-order chi connectivity index (χ1) is 17.5. The molecule has 0 bridgehead atoms. The zero-order valence-corrected chi connectivity index (χ0v) is 20.8. The quantitative estimate of drug-likeness (QED) is 0.423. The summed E-state index contributed by atoms with van der Waals surface area (Å²) in [5, 5.41) is 17.4. The second kappa shape index (κ2) is 11.4. The molecule has 7 heteroatoms. The van der Waals surface area contributed by atoms with Gasteiger partial charge in [-0.1, -0.05) is 6.07 Å². The number of nitrogens with one attached hydrogen (secondary N) is 2. The lowest BCUT2D eigenvalue weighted by molar-refractivity contribution is 0.0679. The normalized spacial score (nSPS) is 22.0. The first-order valence-corrected chi connectivity index (χ1v) is 13.0. The highest BCUT2D eigenvalue weighted by Crippen LogP contribution is 2.26. The molecule has 3 aromatic rings. The van der Waals surface area contributed by atoms with Crippen LogP contribution in [-0.2, 0) is 11.3 Å². The molecule has 0 spiro atoms. The minimum Gasteiger partial charge on any atom is -0.491 e. The molecule has 2 aromatic carbocycles. The van der Waals surface area contributed by atoms with Gasteiger partial charge in [-0.25, -0.2) is 0 Å². The van der Waals surface area contributed by atoms with Crippen molar-refractivity contribution >= 4 is 22.5 Å². The molecule has 2 aliphatic rings. The van der Waals surface area contributed by atoms with Gasteiger partial charge in [0.1, 0.15) is 12.4 Å². The van der Waals surface area contributed by atoms with Gasteiger partial charge in [0.2, 0.25) is 0 Å². The molecule has 0 radical (unpaired) electrons. The number of aromatic nitrogens is 1. The molecule has 190 valence electrons. The Morgan fingerprint density at radius 2 is 1.92 bits per heavy atom. The second-order valence-corrected chi connectivity index (χ2v) is 9.96. The number of hydrogen-bond donors (Lipinski definition) is 3. The summed E-state index contributed by atoms with van der Waals surface area (Å²) in [6, 6.07) is 13.8. The molecule has 1 aliphatic carbocycles. The van der Waals surface area contributed by atoms with E-state index in [0.29, 0.717) is 18.2 Å². The Morgan fingerprint density at radius 1 is 1.11 bits per heavy atom. The van der Waals surface area contributed by atoms with Crippen LogP contribution in [-0.4, -0.2) is 47.5 Å². The number of carbonyl (C=O) groups excluding carboxylic acids is 1. The summed E-state index contributed by atoms with van der Waals surface area (Å²) >= 11 is 0. The smallest absolute Gasteiger partial charge is 0.255 e. The number of rotatable bonds is 8. The number of aryl methyl sites for hydroxylation is 1. The molecule has 1 amide bonds. The zero-order valence-electron chi connectivity index (χ0n) is 20.8. The van der Waals surface area contributed by atoms with Gasteiger partial charge in [0.15, 0.2) is 0 Å². The number of nitrogens with zero attached hydrogens (tertiary/aromatic N) is 1. The van der Waals surface area contributed by atoms with E-state index in [4.69, 9.17) is 14.5 Å². The number of aliphatic hydroxyl groups excluding tert-OH is 1. The summed E-state index contributed by atoms with van der Waals surface area (Å²) in [4.78, 5) is 17.6. The highest BCUT2D eigenvalue weighted by Gasteiger charge is 2.19. The SMILES string of the molecule is Cc1c(NC(=O)c2ccc(OC[C@@H]3CCCO3)cc2)ccc2cc(CN[C@H]3CC[C@H](O)CC3)cnc12. The van der Waals surface area contributed by atoms with E-state index in [-0.39, 0.29) is 18.1 Å². The third-order valence-electron chi connectivity index (χ3n) is 7.28. The summed E-state index contributed by atoms with van der Waals surface area (Å²) in [5.41, 5.74) is 4.29. The van der Waals surface area contributed by atoms with Crippen LogP contribution in [0.2, 0.25) is 0 Å². The standard InChI is InChI=1S/C29H35N3O4/c1-19-27(32-29(34)21-4-11-25(12-5-21)36-18-26-3-2-14-35-26)13-6-22-15-20(17-31-28(19)22)16-30-23-7-9-24(33)10-8-23/h4-6,11-13,15,17,23-24,26,30,33H,2-3,7-10,14,16,18H2,1H3,(H,32,34)/t23-,24-,26-/m0/s1. The lowest BCUT2D eigenvalue weighted by atomic mass is 9.93. The first kappa shape index (κ1) is 24.7. The van der Waals surface area contributed by atoms with Crippen molar-refractivity contribution in [1.82, 2.24) is 10.3 Å². The fourth-order valence-electron chi connectivity index (χ4n) is 5.03. The van der Waals surface area contributed by atoms with Crippen LogP contribution in [0.25, 0.3) is 10.9 Å². The van der Waals surface area contributed by atoms with E-state index >= 15 is 0 Å². The maximum atomic E-state index is 12.9.